The van der Waals surface area contributed by atoms with Crippen LogP contribution in [0.4, 0.5) is 0 Å². The summed E-state index contributed by atoms with van der Waals surface area (Å²) in [6, 6.07) is 0. The van der Waals surface area contributed by atoms with Gasteiger partial charge in [-0.1, -0.05) is 6.92 Å². The van der Waals surface area contributed by atoms with Gasteiger partial charge in [-0.05, 0) is 34.1 Å². The highest BCUT2D eigenvalue weighted by Crippen LogP contribution is 2.22. The highest BCUT2D eigenvalue weighted by molar-refractivity contribution is 6.53. The normalized spacial score (nSPS) is 13.1. The molecule has 0 fully saturated rings. The average Bonchev–Trinajstić information content (AvgIpc) is 2.38. The zero-order valence-electron chi connectivity index (χ0n) is 13.0. The van der Waals surface area contributed by atoms with Crippen molar-refractivity contribution in [2.24, 2.45) is 0 Å². The van der Waals surface area contributed by atoms with Gasteiger partial charge >= 0.3 is 15.0 Å². The molecule has 0 aromatic rings. The molecule has 0 unspecified atom stereocenters. The lowest BCUT2D eigenvalue weighted by atomic mass is 10.2. The van der Waals surface area contributed by atoms with E-state index in [0.29, 0.717) is 32.0 Å². The summed E-state index contributed by atoms with van der Waals surface area (Å²) in [6.45, 7) is 10.0. The van der Waals surface area contributed by atoms with Crippen LogP contribution in [0.2, 0.25) is 0 Å². The van der Waals surface area contributed by atoms with Crippen molar-refractivity contribution < 1.29 is 27.6 Å². The van der Waals surface area contributed by atoms with E-state index in [-0.39, 0.29) is 5.57 Å². The maximum Gasteiger partial charge on any atom is 0.749 e. The first-order valence-electron chi connectivity index (χ1n) is 7.00. The Bertz CT molecular complexity index is 312. The molecule has 20 heavy (non-hydrogen) atoms. The van der Waals surface area contributed by atoms with Crippen LogP contribution in [0.3, 0.4) is 0 Å². The maximum atomic E-state index is 11.1. The summed E-state index contributed by atoms with van der Waals surface area (Å²) in [4.78, 5) is 11.1. The molecule has 0 aromatic carbocycles. The first kappa shape index (κ1) is 19.1. The lowest BCUT2D eigenvalue weighted by Crippen LogP contribution is -2.49. The Morgan fingerprint density at radius 2 is 1.45 bits per heavy atom. The standard InChI is InChI=1S/C13H26O6Si/c1-6-10-12(11(5)13(14)15)19-20(16-7-2,17-8-3)18-9-4/h6-10H2,1-5H3,(H,14,15). The summed E-state index contributed by atoms with van der Waals surface area (Å²) in [5, 5.41) is 9.12. The van der Waals surface area contributed by atoms with Crippen molar-refractivity contribution in [2.45, 2.75) is 47.5 Å². The Hall–Kier alpha value is -0.893. The molecular formula is C13H26O6Si. The third-order valence-electron chi connectivity index (χ3n) is 2.43. The number of carboxylic acid groups (broad SMARTS) is 1. The molecule has 0 spiro atoms. The van der Waals surface area contributed by atoms with E-state index in [1.807, 2.05) is 27.7 Å². The zero-order valence-corrected chi connectivity index (χ0v) is 14.0. The predicted octanol–water partition coefficient (Wildman–Crippen LogP) is 2.71. The molecule has 1 N–H and O–H groups in total. The van der Waals surface area contributed by atoms with Gasteiger partial charge in [-0.2, -0.15) is 0 Å². The molecule has 0 aliphatic heterocycles. The topological polar surface area (TPSA) is 74.2 Å². The molecule has 0 atom stereocenters. The van der Waals surface area contributed by atoms with Gasteiger partial charge in [0.2, 0.25) is 0 Å². The van der Waals surface area contributed by atoms with Crippen molar-refractivity contribution in [1.82, 2.24) is 0 Å². The van der Waals surface area contributed by atoms with Crippen LogP contribution in [0.1, 0.15) is 47.5 Å². The predicted molar refractivity (Wildman–Crippen MR) is 77.0 cm³/mol. The second-order valence-corrected chi connectivity index (χ2v) is 6.07. The van der Waals surface area contributed by atoms with Crippen LogP contribution in [-0.4, -0.2) is 39.9 Å². The van der Waals surface area contributed by atoms with Gasteiger partial charge in [0.05, 0.1) is 11.3 Å². The highest BCUT2D eigenvalue weighted by Gasteiger charge is 2.48. The van der Waals surface area contributed by atoms with Gasteiger partial charge in [-0.25, -0.2) is 4.79 Å². The summed E-state index contributed by atoms with van der Waals surface area (Å²) in [7, 11) is -3.33. The minimum Gasteiger partial charge on any atom is -0.483 e. The Morgan fingerprint density at radius 3 is 1.75 bits per heavy atom. The van der Waals surface area contributed by atoms with Crippen molar-refractivity contribution in [3.63, 3.8) is 0 Å². The van der Waals surface area contributed by atoms with Crippen LogP contribution in [-0.2, 0) is 22.5 Å². The van der Waals surface area contributed by atoms with Crippen LogP contribution in [0, 0.1) is 0 Å². The Kier molecular flexibility index (Phi) is 9.48. The monoisotopic (exact) mass is 306 g/mol. The average molecular weight is 306 g/mol. The minimum absolute atomic E-state index is 0.155. The Labute approximate surface area is 122 Å². The summed E-state index contributed by atoms with van der Waals surface area (Å²) in [6.07, 6.45) is 1.26. The van der Waals surface area contributed by atoms with Gasteiger partial charge in [-0.15, -0.1) is 0 Å². The van der Waals surface area contributed by atoms with Crippen molar-refractivity contribution in [3.8, 4) is 0 Å². The van der Waals surface area contributed by atoms with E-state index < -0.39 is 15.0 Å². The minimum atomic E-state index is -3.33. The number of rotatable bonds is 11. The van der Waals surface area contributed by atoms with Crippen LogP contribution in [0.15, 0.2) is 11.3 Å². The van der Waals surface area contributed by atoms with Crippen molar-refractivity contribution >= 4 is 15.0 Å². The van der Waals surface area contributed by atoms with Crippen molar-refractivity contribution in [3.05, 3.63) is 11.3 Å². The fourth-order valence-corrected chi connectivity index (χ4v) is 3.60. The van der Waals surface area contributed by atoms with E-state index >= 15 is 0 Å². The molecule has 6 nitrogen and oxygen atoms in total. The van der Waals surface area contributed by atoms with Crippen LogP contribution in [0.5, 0.6) is 0 Å². The second kappa shape index (κ2) is 9.92. The third kappa shape index (κ3) is 6.04. The summed E-state index contributed by atoms with van der Waals surface area (Å²) < 4.78 is 22.5. The molecule has 0 radical (unpaired) electrons. The van der Waals surface area contributed by atoms with Crippen LogP contribution >= 0.6 is 0 Å². The van der Waals surface area contributed by atoms with Crippen LogP contribution < -0.4 is 0 Å². The summed E-state index contributed by atoms with van der Waals surface area (Å²) in [5.41, 5.74) is 0.155. The second-order valence-electron chi connectivity index (χ2n) is 4.00. The van der Waals surface area contributed by atoms with Crippen molar-refractivity contribution in [1.29, 1.82) is 0 Å². The molecule has 0 saturated carbocycles. The lowest BCUT2D eigenvalue weighted by Gasteiger charge is -2.28. The van der Waals surface area contributed by atoms with Gasteiger partial charge < -0.3 is 22.8 Å². The van der Waals surface area contributed by atoms with E-state index in [4.69, 9.17) is 22.8 Å². The summed E-state index contributed by atoms with van der Waals surface area (Å²) in [5.74, 6) is -0.650. The van der Waals surface area contributed by atoms with Crippen LogP contribution in [0.25, 0.3) is 0 Å². The van der Waals surface area contributed by atoms with Gasteiger partial charge in [0.1, 0.15) is 0 Å². The van der Waals surface area contributed by atoms with Gasteiger partial charge in [0.25, 0.3) is 0 Å². The molecule has 118 valence electrons. The number of carbonyl (C=O) groups is 1. The molecule has 0 aliphatic rings. The molecule has 0 amide bonds. The maximum absolute atomic E-state index is 11.1. The number of aliphatic carboxylic acids is 1. The quantitative estimate of drug-likeness (QED) is 0.359. The van der Waals surface area contributed by atoms with E-state index in [2.05, 4.69) is 0 Å². The largest absolute Gasteiger partial charge is 0.749 e. The smallest absolute Gasteiger partial charge is 0.483 e. The first-order chi connectivity index (χ1) is 9.46. The molecule has 0 saturated heterocycles. The third-order valence-corrected chi connectivity index (χ3v) is 4.85. The van der Waals surface area contributed by atoms with E-state index in [1.54, 1.807) is 0 Å². The molecular weight excluding hydrogens is 280 g/mol. The molecule has 7 heteroatoms. The van der Waals surface area contributed by atoms with Gasteiger partial charge in [-0.3, -0.25) is 0 Å². The van der Waals surface area contributed by atoms with Crippen molar-refractivity contribution in [2.75, 3.05) is 19.8 Å². The number of hydrogen-bond acceptors (Lipinski definition) is 5. The Morgan fingerprint density at radius 1 is 1.00 bits per heavy atom. The SMILES string of the molecule is CCCC(O[Si](OCC)(OCC)OCC)=C(C)C(=O)O. The lowest BCUT2D eigenvalue weighted by molar-refractivity contribution is -0.132. The fourth-order valence-electron chi connectivity index (χ4n) is 1.56. The first-order valence-corrected chi connectivity index (χ1v) is 8.63. The summed E-state index contributed by atoms with van der Waals surface area (Å²) >= 11 is 0. The van der Waals surface area contributed by atoms with E-state index in [1.165, 1.54) is 6.92 Å². The number of carboxylic acids is 1. The molecule has 0 bridgehead atoms. The molecule has 0 heterocycles. The zero-order chi connectivity index (χ0) is 15.6. The fraction of sp³-hybridized carbons (Fsp3) is 0.769. The van der Waals surface area contributed by atoms with E-state index in [9.17, 15) is 4.79 Å². The molecule has 0 aromatic heterocycles. The number of hydrogen-bond donors (Lipinski definition) is 1. The van der Waals surface area contributed by atoms with Gasteiger partial charge in [0, 0.05) is 26.2 Å². The van der Waals surface area contributed by atoms with E-state index in [0.717, 1.165) is 6.42 Å². The molecule has 0 rings (SSSR count). The highest BCUT2D eigenvalue weighted by atomic mass is 28.4. The Balaban J connectivity index is 5.34. The van der Waals surface area contributed by atoms with Gasteiger partial charge in [0.15, 0.2) is 0 Å². The number of allylic oxidation sites excluding steroid dienone is 1. The molecule has 0 aliphatic carbocycles.